The van der Waals surface area contributed by atoms with Gasteiger partial charge in [-0.15, -0.1) is 24.0 Å². The Morgan fingerprint density at radius 3 is 2.64 bits per heavy atom. The van der Waals surface area contributed by atoms with Crippen LogP contribution in [0.25, 0.3) is 0 Å². The number of hydrogen-bond acceptors (Lipinski definition) is 4. The molecule has 6 nitrogen and oxygen atoms in total. The van der Waals surface area contributed by atoms with Gasteiger partial charge in [0.25, 0.3) is 0 Å². The van der Waals surface area contributed by atoms with Crippen molar-refractivity contribution in [1.82, 2.24) is 10.6 Å². The molecule has 2 aliphatic carbocycles. The van der Waals surface area contributed by atoms with Crippen LogP contribution in [0.3, 0.4) is 0 Å². The second-order valence-corrected chi connectivity index (χ2v) is 10.1. The molecule has 1 aliphatic heterocycles. The van der Waals surface area contributed by atoms with E-state index in [4.69, 9.17) is 4.74 Å². The van der Waals surface area contributed by atoms with E-state index >= 15 is 0 Å². The molecule has 2 N–H and O–H groups in total. The Bertz CT molecular complexity index is 590. The van der Waals surface area contributed by atoms with E-state index in [1.54, 1.807) is 7.05 Å². The molecule has 3 aliphatic rings. The number of aliphatic imine (C=N–C) groups is 1. The molecule has 25 heavy (non-hydrogen) atoms. The number of rotatable bonds is 5. The van der Waals surface area contributed by atoms with Crippen LogP contribution < -0.4 is 10.6 Å². The van der Waals surface area contributed by atoms with Crippen LogP contribution in [-0.2, 0) is 14.6 Å². The topological polar surface area (TPSA) is 79.8 Å². The fourth-order valence-corrected chi connectivity index (χ4v) is 5.70. The molecule has 1 heterocycles. The molecule has 3 fully saturated rings. The van der Waals surface area contributed by atoms with Gasteiger partial charge in [0.05, 0.1) is 11.9 Å². The van der Waals surface area contributed by atoms with Gasteiger partial charge in [-0.2, -0.15) is 0 Å². The molecular formula is C17H32IN3O3S. The molecular weight excluding hydrogens is 453 g/mol. The summed E-state index contributed by atoms with van der Waals surface area (Å²) in [6.45, 7) is 2.89. The fourth-order valence-electron chi connectivity index (χ4n) is 4.92. The molecule has 0 aromatic rings. The molecule has 0 amide bonds. The van der Waals surface area contributed by atoms with Crippen LogP contribution in [0.4, 0.5) is 0 Å². The molecule has 0 radical (unpaired) electrons. The van der Waals surface area contributed by atoms with Gasteiger partial charge in [0.1, 0.15) is 9.84 Å². The molecule has 1 spiro atoms. The van der Waals surface area contributed by atoms with Gasteiger partial charge in [0.2, 0.25) is 0 Å². The maximum Gasteiger partial charge on any atom is 0.191 e. The van der Waals surface area contributed by atoms with Gasteiger partial charge in [-0.1, -0.05) is 12.8 Å². The van der Waals surface area contributed by atoms with Gasteiger partial charge in [-0.05, 0) is 32.6 Å². The molecule has 0 aromatic carbocycles. The molecule has 3 rings (SSSR count). The number of halogens is 1. The van der Waals surface area contributed by atoms with Crippen LogP contribution in [0, 0.1) is 11.3 Å². The van der Waals surface area contributed by atoms with Crippen LogP contribution >= 0.6 is 24.0 Å². The van der Waals surface area contributed by atoms with Crippen molar-refractivity contribution < 1.29 is 13.2 Å². The van der Waals surface area contributed by atoms with Gasteiger partial charge in [-0.3, -0.25) is 4.99 Å². The van der Waals surface area contributed by atoms with Crippen molar-refractivity contribution in [3.8, 4) is 0 Å². The van der Waals surface area contributed by atoms with Crippen molar-refractivity contribution in [2.24, 2.45) is 16.3 Å². The predicted molar refractivity (Wildman–Crippen MR) is 111 cm³/mol. The Kier molecular flexibility index (Phi) is 7.03. The van der Waals surface area contributed by atoms with Gasteiger partial charge >= 0.3 is 0 Å². The third-order valence-corrected chi connectivity index (χ3v) is 7.08. The summed E-state index contributed by atoms with van der Waals surface area (Å²) in [5.41, 5.74) is 0.286. The summed E-state index contributed by atoms with van der Waals surface area (Å²) < 4.78 is 28.7. The van der Waals surface area contributed by atoms with E-state index in [1.807, 2.05) is 6.92 Å². The van der Waals surface area contributed by atoms with Crippen molar-refractivity contribution in [3.63, 3.8) is 0 Å². The molecule has 0 bridgehead atoms. The Balaban J connectivity index is 0.00000225. The maximum absolute atomic E-state index is 11.3. The number of ether oxygens (including phenoxy) is 1. The van der Waals surface area contributed by atoms with Crippen LogP contribution in [-0.4, -0.2) is 58.2 Å². The average Bonchev–Trinajstić information content (AvgIpc) is 3.16. The Morgan fingerprint density at radius 2 is 2.04 bits per heavy atom. The quantitative estimate of drug-likeness (QED) is 0.354. The first kappa shape index (κ1) is 21.2. The number of nitrogens with zero attached hydrogens (tertiary/aromatic N) is 1. The fraction of sp³-hybridized carbons (Fsp3) is 0.941. The smallest absolute Gasteiger partial charge is 0.191 e. The predicted octanol–water partition coefficient (Wildman–Crippen LogP) is 1.94. The van der Waals surface area contributed by atoms with E-state index in [-0.39, 0.29) is 41.2 Å². The van der Waals surface area contributed by atoms with Crippen LogP contribution in [0.2, 0.25) is 0 Å². The third-order valence-electron chi connectivity index (χ3n) is 6.11. The zero-order chi connectivity index (χ0) is 17.4. The number of fused-ring (bicyclic) bond motifs is 2. The minimum absolute atomic E-state index is 0. The molecule has 8 heteroatoms. The summed E-state index contributed by atoms with van der Waals surface area (Å²) in [5, 5.41) is 7.00. The lowest BCUT2D eigenvalue weighted by atomic mass is 9.54. The second kappa shape index (κ2) is 8.29. The third kappa shape index (κ3) is 4.43. The lowest BCUT2D eigenvalue weighted by Gasteiger charge is -2.57. The summed E-state index contributed by atoms with van der Waals surface area (Å²) in [6.07, 6.45) is 8.50. The lowest BCUT2D eigenvalue weighted by molar-refractivity contribution is -0.125. The van der Waals surface area contributed by atoms with Crippen molar-refractivity contribution in [2.45, 2.75) is 63.6 Å². The first-order valence-electron chi connectivity index (χ1n) is 9.15. The van der Waals surface area contributed by atoms with Crippen molar-refractivity contribution in [1.29, 1.82) is 0 Å². The summed E-state index contributed by atoms with van der Waals surface area (Å²) in [7, 11) is -1.15. The summed E-state index contributed by atoms with van der Waals surface area (Å²) in [4.78, 5) is 4.37. The van der Waals surface area contributed by atoms with Crippen LogP contribution in [0.5, 0.6) is 0 Å². The molecule has 0 aromatic heterocycles. The highest BCUT2D eigenvalue weighted by Crippen LogP contribution is 2.60. The number of hydrogen-bond donors (Lipinski definition) is 2. The monoisotopic (exact) mass is 485 g/mol. The standard InChI is InChI=1S/C17H31N3O3S.HI/c1-12(7-11-24(3,21)22)19-16(18-2)20-14-13-6-10-23-15(13)17(14)8-4-5-9-17;/h12-15H,4-11H2,1-3H3,(H2,18,19,20);1H. The summed E-state index contributed by atoms with van der Waals surface area (Å²) in [6, 6.07) is 0.502. The largest absolute Gasteiger partial charge is 0.377 e. The lowest BCUT2D eigenvalue weighted by Crippen LogP contribution is -2.69. The highest BCUT2D eigenvalue weighted by molar-refractivity contribution is 14.0. The average molecular weight is 485 g/mol. The van der Waals surface area contributed by atoms with Gasteiger partial charge in [0, 0.05) is 43.3 Å². The Morgan fingerprint density at radius 1 is 1.36 bits per heavy atom. The van der Waals surface area contributed by atoms with E-state index in [0.717, 1.165) is 19.0 Å². The SMILES string of the molecule is CN=C(NC(C)CCS(C)(=O)=O)NC1C2CCOC2C12CCCC2.I. The number of guanidine groups is 1. The minimum atomic E-state index is -2.93. The van der Waals surface area contributed by atoms with E-state index in [1.165, 1.54) is 31.9 Å². The minimum Gasteiger partial charge on any atom is -0.377 e. The zero-order valence-corrected chi connectivity index (χ0v) is 18.6. The first-order valence-corrected chi connectivity index (χ1v) is 11.2. The van der Waals surface area contributed by atoms with E-state index in [9.17, 15) is 8.42 Å². The van der Waals surface area contributed by atoms with Crippen molar-refractivity contribution in [3.05, 3.63) is 0 Å². The highest BCUT2D eigenvalue weighted by atomic mass is 127. The normalized spacial score (nSPS) is 31.8. The second-order valence-electron chi connectivity index (χ2n) is 7.84. The van der Waals surface area contributed by atoms with Gasteiger partial charge in [-0.25, -0.2) is 8.42 Å². The van der Waals surface area contributed by atoms with Crippen LogP contribution in [0.1, 0.15) is 45.4 Å². The Labute approximate surface area is 168 Å². The van der Waals surface area contributed by atoms with Gasteiger partial charge in [0.15, 0.2) is 5.96 Å². The van der Waals surface area contributed by atoms with Crippen molar-refractivity contribution >= 4 is 39.8 Å². The highest BCUT2D eigenvalue weighted by Gasteiger charge is 2.65. The van der Waals surface area contributed by atoms with Crippen LogP contribution in [0.15, 0.2) is 4.99 Å². The van der Waals surface area contributed by atoms with Gasteiger partial charge < -0.3 is 15.4 Å². The van der Waals surface area contributed by atoms with E-state index < -0.39 is 9.84 Å². The maximum atomic E-state index is 11.3. The molecule has 1 saturated heterocycles. The number of nitrogens with one attached hydrogen (secondary N) is 2. The van der Waals surface area contributed by atoms with E-state index in [2.05, 4.69) is 15.6 Å². The van der Waals surface area contributed by atoms with Crippen molar-refractivity contribution in [2.75, 3.05) is 25.7 Å². The van der Waals surface area contributed by atoms with E-state index in [0.29, 0.717) is 24.5 Å². The summed E-state index contributed by atoms with van der Waals surface area (Å²) >= 11 is 0. The molecule has 4 unspecified atom stereocenters. The number of sulfone groups is 1. The zero-order valence-electron chi connectivity index (χ0n) is 15.5. The molecule has 4 atom stereocenters. The summed E-state index contributed by atoms with van der Waals surface area (Å²) in [5.74, 6) is 1.58. The first-order chi connectivity index (χ1) is 11.4. The molecule has 146 valence electrons. The molecule has 2 saturated carbocycles. The Hall–Kier alpha value is -0.0900.